The van der Waals surface area contributed by atoms with E-state index in [1.54, 1.807) is 31.6 Å². The number of pyridine rings is 1. The number of aromatic nitrogens is 1. The van der Waals surface area contributed by atoms with Crippen LogP contribution in [-0.4, -0.2) is 24.0 Å². The van der Waals surface area contributed by atoms with Crippen molar-refractivity contribution in [1.29, 1.82) is 0 Å². The van der Waals surface area contributed by atoms with Gasteiger partial charge in [0.25, 0.3) is 0 Å². The van der Waals surface area contributed by atoms with Crippen molar-refractivity contribution in [1.82, 2.24) is 4.98 Å². The Bertz CT molecular complexity index is 272. The second-order valence-corrected chi connectivity index (χ2v) is 2.92. The molecule has 0 spiro atoms. The summed E-state index contributed by atoms with van der Waals surface area (Å²) in [6, 6.07) is 3.52. The number of hydrogen-bond acceptors (Lipinski definition) is 3. The molecule has 0 N–H and O–H groups in total. The molecule has 0 radical (unpaired) electrons. The molecule has 0 fully saturated rings. The molecule has 0 aliphatic rings. The highest BCUT2D eigenvalue weighted by Gasteiger charge is 2.09. The Morgan fingerprint density at radius 1 is 1.69 bits per heavy atom. The van der Waals surface area contributed by atoms with Crippen molar-refractivity contribution in [2.75, 3.05) is 7.11 Å². The van der Waals surface area contributed by atoms with Crippen LogP contribution in [0.3, 0.4) is 0 Å². The number of rotatable bonds is 4. The molecule has 0 saturated heterocycles. The number of hydrogen-bond donors (Lipinski definition) is 0. The van der Waals surface area contributed by atoms with Gasteiger partial charge < -0.3 is 4.74 Å². The fraction of sp³-hybridized carbons (Fsp3) is 0.400. The number of carbonyl (C=O) groups is 1. The van der Waals surface area contributed by atoms with Crippen LogP contribution >= 0.6 is 0 Å². The van der Waals surface area contributed by atoms with E-state index >= 15 is 0 Å². The van der Waals surface area contributed by atoms with E-state index in [-0.39, 0.29) is 11.9 Å². The fourth-order valence-electron chi connectivity index (χ4n) is 0.990. The largest absolute Gasteiger partial charge is 0.381 e. The van der Waals surface area contributed by atoms with Crippen molar-refractivity contribution in [3.8, 4) is 0 Å². The van der Waals surface area contributed by atoms with E-state index in [2.05, 4.69) is 4.98 Å². The average molecular weight is 179 g/mol. The highest BCUT2D eigenvalue weighted by atomic mass is 16.5. The van der Waals surface area contributed by atoms with Gasteiger partial charge in [-0.15, -0.1) is 0 Å². The molecular weight excluding hydrogens is 166 g/mol. The lowest BCUT2D eigenvalue weighted by molar-refractivity contribution is 0.0791. The summed E-state index contributed by atoms with van der Waals surface area (Å²) in [7, 11) is 1.60. The molecule has 0 aliphatic carbocycles. The van der Waals surface area contributed by atoms with Gasteiger partial charge in [0.1, 0.15) is 0 Å². The van der Waals surface area contributed by atoms with Crippen molar-refractivity contribution in [3.05, 3.63) is 30.1 Å². The van der Waals surface area contributed by atoms with Gasteiger partial charge >= 0.3 is 0 Å². The molecule has 1 heterocycles. The van der Waals surface area contributed by atoms with Gasteiger partial charge in [-0.05, 0) is 19.1 Å². The molecule has 0 amide bonds. The smallest absolute Gasteiger partial charge is 0.166 e. The number of ketones is 1. The van der Waals surface area contributed by atoms with Gasteiger partial charge in [0.05, 0.1) is 6.10 Å². The summed E-state index contributed by atoms with van der Waals surface area (Å²) in [6.07, 6.45) is 3.59. The lowest BCUT2D eigenvalue weighted by Crippen LogP contribution is -2.12. The molecule has 3 heteroatoms. The van der Waals surface area contributed by atoms with Gasteiger partial charge in [-0.25, -0.2) is 0 Å². The summed E-state index contributed by atoms with van der Waals surface area (Å²) in [4.78, 5) is 15.4. The first-order valence-corrected chi connectivity index (χ1v) is 4.20. The standard InChI is InChI=1S/C10H13NO2/c1-8(13-2)6-10(12)9-4-3-5-11-7-9/h3-5,7-8H,6H2,1-2H3. The van der Waals surface area contributed by atoms with Crippen LogP contribution in [0.15, 0.2) is 24.5 Å². The third-order valence-corrected chi connectivity index (χ3v) is 1.86. The van der Waals surface area contributed by atoms with Crippen LogP contribution in [0.1, 0.15) is 23.7 Å². The Morgan fingerprint density at radius 3 is 3.00 bits per heavy atom. The maximum atomic E-state index is 11.5. The van der Waals surface area contributed by atoms with Crippen molar-refractivity contribution >= 4 is 5.78 Å². The van der Waals surface area contributed by atoms with Crippen LogP contribution in [-0.2, 0) is 4.74 Å². The van der Waals surface area contributed by atoms with E-state index in [1.807, 2.05) is 6.92 Å². The third kappa shape index (κ3) is 2.95. The summed E-state index contributed by atoms with van der Waals surface area (Å²) in [6.45, 7) is 1.87. The van der Waals surface area contributed by atoms with Gasteiger partial charge in [0, 0.05) is 31.5 Å². The zero-order chi connectivity index (χ0) is 9.68. The Kier molecular flexibility index (Phi) is 3.58. The molecule has 1 atom stereocenters. The van der Waals surface area contributed by atoms with Gasteiger partial charge in [-0.2, -0.15) is 0 Å². The molecule has 1 aromatic heterocycles. The summed E-state index contributed by atoms with van der Waals surface area (Å²) in [5, 5.41) is 0. The first-order valence-electron chi connectivity index (χ1n) is 4.20. The predicted molar refractivity (Wildman–Crippen MR) is 49.7 cm³/mol. The van der Waals surface area contributed by atoms with Crippen molar-refractivity contribution < 1.29 is 9.53 Å². The predicted octanol–water partition coefficient (Wildman–Crippen LogP) is 1.69. The van der Waals surface area contributed by atoms with Crippen LogP contribution in [0.5, 0.6) is 0 Å². The molecule has 3 nitrogen and oxygen atoms in total. The van der Waals surface area contributed by atoms with Crippen LogP contribution in [0.4, 0.5) is 0 Å². The third-order valence-electron chi connectivity index (χ3n) is 1.86. The Morgan fingerprint density at radius 2 is 2.46 bits per heavy atom. The van der Waals surface area contributed by atoms with Crippen LogP contribution < -0.4 is 0 Å². The molecule has 70 valence electrons. The number of carbonyl (C=O) groups excluding carboxylic acids is 1. The zero-order valence-corrected chi connectivity index (χ0v) is 7.86. The molecule has 0 saturated carbocycles. The minimum absolute atomic E-state index is 0.0345. The van der Waals surface area contributed by atoms with Gasteiger partial charge in [0.15, 0.2) is 5.78 Å². The normalized spacial score (nSPS) is 12.5. The highest BCUT2D eigenvalue weighted by molar-refractivity contribution is 5.95. The molecule has 1 unspecified atom stereocenters. The highest BCUT2D eigenvalue weighted by Crippen LogP contribution is 2.05. The van der Waals surface area contributed by atoms with E-state index in [4.69, 9.17) is 4.74 Å². The van der Waals surface area contributed by atoms with Crippen LogP contribution in [0, 0.1) is 0 Å². The summed E-state index contributed by atoms with van der Waals surface area (Å²) < 4.78 is 5.00. The van der Waals surface area contributed by atoms with Crippen molar-refractivity contribution in [2.45, 2.75) is 19.4 Å². The first kappa shape index (κ1) is 9.86. The number of methoxy groups -OCH3 is 1. The molecule has 1 aromatic rings. The van der Waals surface area contributed by atoms with E-state index in [9.17, 15) is 4.79 Å². The molecule has 0 aliphatic heterocycles. The zero-order valence-electron chi connectivity index (χ0n) is 7.86. The fourth-order valence-corrected chi connectivity index (χ4v) is 0.990. The Hall–Kier alpha value is -1.22. The van der Waals surface area contributed by atoms with Crippen molar-refractivity contribution in [2.24, 2.45) is 0 Å². The minimum Gasteiger partial charge on any atom is -0.381 e. The maximum absolute atomic E-state index is 11.5. The molecule has 1 rings (SSSR count). The topological polar surface area (TPSA) is 39.2 Å². The van der Waals surface area contributed by atoms with Crippen molar-refractivity contribution in [3.63, 3.8) is 0 Å². The number of ether oxygens (including phenoxy) is 1. The van der Waals surface area contributed by atoms with E-state index in [1.165, 1.54) is 0 Å². The summed E-state index contributed by atoms with van der Waals surface area (Å²) in [5.74, 6) is 0.0717. The van der Waals surface area contributed by atoms with Crippen LogP contribution in [0.2, 0.25) is 0 Å². The summed E-state index contributed by atoms with van der Waals surface area (Å²) >= 11 is 0. The Balaban J connectivity index is 2.59. The van der Waals surface area contributed by atoms with Gasteiger partial charge in [0.2, 0.25) is 0 Å². The lowest BCUT2D eigenvalue weighted by Gasteiger charge is -2.07. The Labute approximate surface area is 77.8 Å². The molecule has 13 heavy (non-hydrogen) atoms. The second kappa shape index (κ2) is 4.72. The van der Waals surface area contributed by atoms with Crippen LogP contribution in [0.25, 0.3) is 0 Å². The molecule has 0 bridgehead atoms. The first-order chi connectivity index (χ1) is 6.24. The molecular formula is C10H13NO2. The van der Waals surface area contributed by atoms with Gasteiger partial charge in [-0.1, -0.05) is 0 Å². The quantitative estimate of drug-likeness (QED) is 0.660. The second-order valence-electron chi connectivity index (χ2n) is 2.92. The van der Waals surface area contributed by atoms with E-state index in [0.717, 1.165) is 0 Å². The number of Topliss-reactive ketones (excluding diaryl/α,β-unsaturated/α-hetero) is 1. The monoisotopic (exact) mass is 179 g/mol. The van der Waals surface area contributed by atoms with Gasteiger partial charge in [-0.3, -0.25) is 9.78 Å². The SMILES string of the molecule is COC(C)CC(=O)c1cccnc1. The van der Waals surface area contributed by atoms with E-state index < -0.39 is 0 Å². The maximum Gasteiger partial charge on any atom is 0.166 e. The van der Waals surface area contributed by atoms with E-state index in [0.29, 0.717) is 12.0 Å². The molecule has 0 aromatic carbocycles. The average Bonchev–Trinajstić information content (AvgIpc) is 2.19. The lowest BCUT2D eigenvalue weighted by atomic mass is 10.1. The number of nitrogens with zero attached hydrogens (tertiary/aromatic N) is 1. The minimum atomic E-state index is -0.0345. The summed E-state index contributed by atoms with van der Waals surface area (Å²) in [5.41, 5.74) is 0.645.